The molecule has 19 heavy (non-hydrogen) atoms. The lowest BCUT2D eigenvalue weighted by atomic mass is 10.1. The minimum atomic E-state index is -0.407. The van der Waals surface area contributed by atoms with Crippen molar-refractivity contribution in [3.8, 4) is 0 Å². The molecule has 0 unspecified atom stereocenters. The monoisotopic (exact) mass is 258 g/mol. The van der Waals surface area contributed by atoms with Crippen LogP contribution in [0.4, 0.5) is 4.39 Å². The van der Waals surface area contributed by atoms with E-state index in [4.69, 9.17) is 4.74 Å². The summed E-state index contributed by atoms with van der Waals surface area (Å²) < 4.78 is 18.3. The van der Waals surface area contributed by atoms with Gasteiger partial charge in [-0.15, -0.1) is 0 Å². The Labute approximate surface area is 111 Å². The maximum absolute atomic E-state index is 12.9. The summed E-state index contributed by atoms with van der Waals surface area (Å²) in [5.41, 5.74) is 1.51. The molecule has 0 N–H and O–H groups in total. The van der Waals surface area contributed by atoms with Crippen molar-refractivity contribution < 1.29 is 13.9 Å². The topological polar surface area (TPSA) is 26.3 Å². The molecule has 0 aliphatic heterocycles. The van der Waals surface area contributed by atoms with E-state index in [9.17, 15) is 9.18 Å². The number of hydrogen-bond acceptors (Lipinski definition) is 2. The summed E-state index contributed by atoms with van der Waals surface area (Å²) in [4.78, 5) is 11.7. The lowest BCUT2D eigenvalue weighted by Crippen LogP contribution is -2.11. The van der Waals surface area contributed by atoms with Crippen LogP contribution in [0.5, 0.6) is 0 Å². The highest BCUT2D eigenvalue weighted by atomic mass is 19.1. The molecule has 0 aliphatic rings. The van der Waals surface area contributed by atoms with E-state index in [-0.39, 0.29) is 12.4 Å². The molecular weight excluding hydrogens is 243 g/mol. The Kier molecular flexibility index (Phi) is 4.81. The molecule has 0 radical (unpaired) electrons. The Hall–Kier alpha value is -2.00. The molecular formula is C16H15FO2. The third kappa shape index (κ3) is 4.30. The van der Waals surface area contributed by atoms with Gasteiger partial charge in [-0.05, 0) is 24.1 Å². The molecule has 98 valence electrons. The fourth-order valence-corrected chi connectivity index (χ4v) is 1.74. The van der Waals surface area contributed by atoms with E-state index in [1.165, 1.54) is 23.8 Å². The summed E-state index contributed by atoms with van der Waals surface area (Å²) in [5, 5.41) is 0. The van der Waals surface area contributed by atoms with Gasteiger partial charge in [-0.25, -0.2) is 4.39 Å². The van der Waals surface area contributed by atoms with E-state index >= 15 is 0 Å². The molecule has 0 aliphatic carbocycles. The first kappa shape index (κ1) is 13.4. The van der Waals surface area contributed by atoms with Crippen molar-refractivity contribution in [1.82, 2.24) is 0 Å². The molecule has 2 aromatic rings. The van der Waals surface area contributed by atoms with E-state index in [2.05, 4.69) is 0 Å². The van der Waals surface area contributed by atoms with Crippen molar-refractivity contribution in [1.29, 1.82) is 0 Å². The van der Waals surface area contributed by atoms with Gasteiger partial charge < -0.3 is 4.74 Å². The number of halogens is 1. The standard InChI is InChI=1S/C16H15FO2/c17-15-8-4-7-14(11-15)16(18)12-19-10-9-13-5-2-1-3-6-13/h1-8,11H,9-10,12H2. The summed E-state index contributed by atoms with van der Waals surface area (Å²) in [6.45, 7) is 0.460. The Morgan fingerprint density at radius 3 is 2.58 bits per heavy atom. The Morgan fingerprint density at radius 1 is 1.05 bits per heavy atom. The van der Waals surface area contributed by atoms with Crippen LogP contribution < -0.4 is 0 Å². The molecule has 2 aromatic carbocycles. The van der Waals surface area contributed by atoms with E-state index in [1.54, 1.807) is 6.07 Å². The fourth-order valence-electron chi connectivity index (χ4n) is 1.74. The number of ketones is 1. The third-order valence-electron chi connectivity index (χ3n) is 2.76. The first-order valence-corrected chi connectivity index (χ1v) is 6.16. The highest BCUT2D eigenvalue weighted by Gasteiger charge is 2.06. The van der Waals surface area contributed by atoms with Gasteiger partial charge in [0, 0.05) is 5.56 Å². The lowest BCUT2D eigenvalue weighted by Gasteiger charge is -2.04. The van der Waals surface area contributed by atoms with Crippen molar-refractivity contribution in [2.45, 2.75) is 6.42 Å². The van der Waals surface area contributed by atoms with E-state index in [1.807, 2.05) is 30.3 Å². The minimum absolute atomic E-state index is 0.0176. The zero-order valence-corrected chi connectivity index (χ0v) is 10.5. The average molecular weight is 258 g/mol. The maximum Gasteiger partial charge on any atom is 0.188 e. The molecule has 3 heteroatoms. The van der Waals surface area contributed by atoms with Crippen molar-refractivity contribution in [3.63, 3.8) is 0 Å². The summed E-state index contributed by atoms with van der Waals surface area (Å²) >= 11 is 0. The smallest absolute Gasteiger partial charge is 0.188 e. The number of carbonyl (C=O) groups is 1. The van der Waals surface area contributed by atoms with Gasteiger partial charge in [-0.2, -0.15) is 0 Å². The molecule has 0 bridgehead atoms. The zero-order chi connectivity index (χ0) is 13.5. The number of ether oxygens (including phenoxy) is 1. The Bertz CT molecular complexity index is 537. The molecule has 2 rings (SSSR count). The largest absolute Gasteiger partial charge is 0.373 e. The van der Waals surface area contributed by atoms with Crippen LogP contribution in [0.25, 0.3) is 0 Å². The van der Waals surface area contributed by atoms with Crippen LogP contribution in [0, 0.1) is 5.82 Å². The molecule has 0 saturated carbocycles. The van der Waals surface area contributed by atoms with Gasteiger partial charge >= 0.3 is 0 Å². The van der Waals surface area contributed by atoms with Gasteiger partial charge in [-0.1, -0.05) is 42.5 Å². The second-order valence-electron chi connectivity index (χ2n) is 4.22. The highest BCUT2D eigenvalue weighted by molar-refractivity contribution is 5.97. The molecule has 0 atom stereocenters. The Balaban J connectivity index is 1.75. The predicted molar refractivity (Wildman–Crippen MR) is 71.7 cm³/mol. The van der Waals surface area contributed by atoms with Crippen molar-refractivity contribution >= 4 is 5.78 Å². The highest BCUT2D eigenvalue weighted by Crippen LogP contribution is 2.05. The third-order valence-corrected chi connectivity index (χ3v) is 2.76. The van der Waals surface area contributed by atoms with Crippen molar-refractivity contribution in [2.75, 3.05) is 13.2 Å². The summed E-state index contributed by atoms with van der Waals surface area (Å²) in [5.74, 6) is -0.609. The van der Waals surface area contributed by atoms with Crippen molar-refractivity contribution in [3.05, 3.63) is 71.5 Å². The number of Topliss-reactive ketones (excluding diaryl/α,β-unsaturated/α-hetero) is 1. The van der Waals surface area contributed by atoms with Crippen LogP contribution in [-0.2, 0) is 11.2 Å². The van der Waals surface area contributed by atoms with Gasteiger partial charge in [-0.3, -0.25) is 4.79 Å². The lowest BCUT2D eigenvalue weighted by molar-refractivity contribution is 0.0765. The van der Waals surface area contributed by atoms with Gasteiger partial charge in [0.15, 0.2) is 5.78 Å². The fraction of sp³-hybridized carbons (Fsp3) is 0.188. The number of rotatable bonds is 6. The summed E-state index contributed by atoms with van der Waals surface area (Å²) in [6.07, 6.45) is 0.761. The normalized spacial score (nSPS) is 10.4. The van der Waals surface area contributed by atoms with E-state index in [0.29, 0.717) is 12.2 Å². The first-order chi connectivity index (χ1) is 9.25. The molecule has 0 saturated heterocycles. The maximum atomic E-state index is 12.9. The van der Waals surface area contributed by atoms with Gasteiger partial charge in [0.25, 0.3) is 0 Å². The Morgan fingerprint density at radius 2 is 1.84 bits per heavy atom. The van der Waals surface area contributed by atoms with Crippen LogP contribution in [0.2, 0.25) is 0 Å². The van der Waals surface area contributed by atoms with Gasteiger partial charge in [0.1, 0.15) is 12.4 Å². The average Bonchev–Trinajstić information content (AvgIpc) is 2.44. The SMILES string of the molecule is O=C(COCCc1ccccc1)c1cccc(F)c1. The van der Waals surface area contributed by atoms with Gasteiger partial charge in [0.2, 0.25) is 0 Å². The predicted octanol–water partition coefficient (Wildman–Crippen LogP) is 3.27. The molecule has 2 nitrogen and oxygen atoms in total. The van der Waals surface area contributed by atoms with Crippen LogP contribution in [0.15, 0.2) is 54.6 Å². The molecule has 0 amide bonds. The molecule has 0 spiro atoms. The first-order valence-electron chi connectivity index (χ1n) is 6.16. The molecule has 0 fully saturated rings. The summed E-state index contributed by atoms with van der Waals surface area (Å²) in [6, 6.07) is 15.6. The van der Waals surface area contributed by atoms with Crippen molar-refractivity contribution in [2.24, 2.45) is 0 Å². The number of hydrogen-bond donors (Lipinski definition) is 0. The minimum Gasteiger partial charge on any atom is -0.373 e. The number of carbonyl (C=O) groups excluding carboxylic acids is 1. The quantitative estimate of drug-likeness (QED) is 0.587. The van der Waals surface area contributed by atoms with Crippen LogP contribution in [-0.4, -0.2) is 19.0 Å². The second-order valence-corrected chi connectivity index (χ2v) is 4.22. The molecule has 0 heterocycles. The zero-order valence-electron chi connectivity index (χ0n) is 10.5. The van der Waals surface area contributed by atoms with Crippen LogP contribution in [0.3, 0.4) is 0 Å². The summed E-state index contributed by atoms with van der Waals surface area (Å²) in [7, 11) is 0. The van der Waals surface area contributed by atoms with Gasteiger partial charge in [0.05, 0.1) is 6.61 Å². The van der Waals surface area contributed by atoms with E-state index < -0.39 is 5.82 Å². The van der Waals surface area contributed by atoms with Crippen LogP contribution in [0.1, 0.15) is 15.9 Å². The van der Waals surface area contributed by atoms with Crippen LogP contribution >= 0.6 is 0 Å². The second kappa shape index (κ2) is 6.81. The number of benzene rings is 2. The van der Waals surface area contributed by atoms with E-state index in [0.717, 1.165) is 6.42 Å². The molecule has 0 aromatic heterocycles.